The lowest BCUT2D eigenvalue weighted by Gasteiger charge is -2.36. The lowest BCUT2D eigenvalue weighted by molar-refractivity contribution is -0.130. The molecule has 2 atom stereocenters. The van der Waals surface area contributed by atoms with Crippen molar-refractivity contribution in [1.82, 2.24) is 9.80 Å². The number of carbonyl (C=O) groups excluding carboxylic acids is 3. The SMILES string of the molecule is CN(C)C(=O)CN1C[C@H](C(=O)c2ccccc2)[CH][C@H](C(=O)c2ccccc2)C1. The lowest BCUT2D eigenvalue weighted by atomic mass is 9.81. The van der Waals surface area contributed by atoms with E-state index in [0.29, 0.717) is 24.2 Å². The maximum absolute atomic E-state index is 13.0. The molecule has 1 aliphatic rings. The van der Waals surface area contributed by atoms with E-state index >= 15 is 0 Å². The third-order valence-corrected chi connectivity index (χ3v) is 5.02. The summed E-state index contributed by atoms with van der Waals surface area (Å²) in [5, 5.41) is 0. The molecule has 5 nitrogen and oxygen atoms in total. The van der Waals surface area contributed by atoms with Gasteiger partial charge in [-0.2, -0.15) is 0 Å². The predicted octanol–water partition coefficient (Wildman–Crippen LogP) is 2.59. The molecule has 3 rings (SSSR count). The van der Waals surface area contributed by atoms with Crippen LogP contribution in [0.5, 0.6) is 0 Å². The Bertz CT molecular complexity index is 774. The van der Waals surface area contributed by atoms with Crippen LogP contribution in [0.15, 0.2) is 60.7 Å². The van der Waals surface area contributed by atoms with Crippen LogP contribution < -0.4 is 0 Å². The van der Waals surface area contributed by atoms with Crippen molar-refractivity contribution < 1.29 is 14.4 Å². The zero-order valence-corrected chi connectivity index (χ0v) is 16.2. The zero-order chi connectivity index (χ0) is 20.1. The number of Topliss-reactive ketones (excluding diaryl/α,β-unsaturated/α-hetero) is 2. The average molecular weight is 377 g/mol. The van der Waals surface area contributed by atoms with Crippen LogP contribution >= 0.6 is 0 Å². The quantitative estimate of drug-likeness (QED) is 0.726. The first kappa shape index (κ1) is 20.0. The molecule has 145 valence electrons. The first-order valence-electron chi connectivity index (χ1n) is 9.41. The molecular weight excluding hydrogens is 352 g/mol. The van der Waals surface area contributed by atoms with Gasteiger partial charge in [0.2, 0.25) is 5.91 Å². The summed E-state index contributed by atoms with van der Waals surface area (Å²) in [5.41, 5.74) is 1.24. The number of ketones is 2. The van der Waals surface area contributed by atoms with Crippen LogP contribution in [-0.4, -0.2) is 61.0 Å². The van der Waals surface area contributed by atoms with Crippen molar-refractivity contribution in [2.24, 2.45) is 11.8 Å². The largest absolute Gasteiger partial charge is 0.348 e. The summed E-state index contributed by atoms with van der Waals surface area (Å²) >= 11 is 0. The molecule has 1 fully saturated rings. The van der Waals surface area contributed by atoms with Crippen LogP contribution in [0.25, 0.3) is 0 Å². The van der Waals surface area contributed by atoms with Crippen LogP contribution in [-0.2, 0) is 4.79 Å². The maximum Gasteiger partial charge on any atom is 0.236 e. The number of nitrogens with zero attached hydrogens (tertiary/aromatic N) is 2. The van der Waals surface area contributed by atoms with Crippen molar-refractivity contribution in [1.29, 1.82) is 0 Å². The van der Waals surface area contributed by atoms with Gasteiger partial charge in [0.25, 0.3) is 0 Å². The van der Waals surface area contributed by atoms with Crippen molar-refractivity contribution in [3.63, 3.8) is 0 Å². The Morgan fingerprint density at radius 1 is 0.821 bits per heavy atom. The minimum atomic E-state index is -0.427. The molecule has 0 aromatic heterocycles. The van der Waals surface area contributed by atoms with Gasteiger partial charge in [-0.05, 0) is 6.42 Å². The van der Waals surface area contributed by atoms with E-state index in [1.165, 1.54) is 4.90 Å². The number of hydrogen-bond acceptors (Lipinski definition) is 4. The van der Waals surface area contributed by atoms with E-state index in [0.717, 1.165) is 0 Å². The normalized spacial score (nSPS) is 19.8. The van der Waals surface area contributed by atoms with E-state index in [9.17, 15) is 14.4 Å². The maximum atomic E-state index is 13.0. The average Bonchev–Trinajstić information content (AvgIpc) is 2.73. The molecule has 0 N–H and O–H groups in total. The van der Waals surface area contributed by atoms with E-state index in [1.54, 1.807) is 38.4 Å². The van der Waals surface area contributed by atoms with Crippen molar-refractivity contribution in [2.45, 2.75) is 0 Å². The molecule has 1 amide bonds. The second kappa shape index (κ2) is 8.93. The highest BCUT2D eigenvalue weighted by atomic mass is 16.2. The van der Waals surface area contributed by atoms with Crippen molar-refractivity contribution in [3.05, 3.63) is 78.2 Å². The molecule has 0 aliphatic carbocycles. The highest BCUT2D eigenvalue weighted by molar-refractivity contribution is 6.02. The third-order valence-electron chi connectivity index (χ3n) is 5.02. The third kappa shape index (κ3) is 4.73. The zero-order valence-electron chi connectivity index (χ0n) is 16.2. The smallest absolute Gasteiger partial charge is 0.236 e. The molecule has 2 aromatic rings. The molecule has 0 unspecified atom stereocenters. The number of likely N-dealkylation sites (tertiary alicyclic amines) is 1. The first-order chi connectivity index (χ1) is 13.5. The van der Waals surface area contributed by atoms with Crippen molar-refractivity contribution >= 4 is 17.5 Å². The van der Waals surface area contributed by atoms with Gasteiger partial charge in [-0.3, -0.25) is 19.3 Å². The minimum Gasteiger partial charge on any atom is -0.348 e. The molecule has 5 heteroatoms. The van der Waals surface area contributed by atoms with Crippen LogP contribution in [0.1, 0.15) is 20.7 Å². The van der Waals surface area contributed by atoms with Gasteiger partial charge in [-0.1, -0.05) is 60.7 Å². The molecule has 2 aromatic carbocycles. The van der Waals surface area contributed by atoms with Crippen LogP contribution in [0.2, 0.25) is 0 Å². The molecule has 0 bridgehead atoms. The molecular formula is C23H25N2O3. The van der Waals surface area contributed by atoms with Gasteiger partial charge in [-0.25, -0.2) is 0 Å². The monoisotopic (exact) mass is 377 g/mol. The highest BCUT2D eigenvalue weighted by Crippen LogP contribution is 2.27. The Kier molecular flexibility index (Phi) is 6.37. The van der Waals surface area contributed by atoms with Crippen LogP contribution in [0.4, 0.5) is 0 Å². The summed E-state index contributed by atoms with van der Waals surface area (Å²) in [7, 11) is 3.41. The van der Waals surface area contributed by atoms with Gasteiger partial charge < -0.3 is 4.90 Å². The summed E-state index contributed by atoms with van der Waals surface area (Å²) < 4.78 is 0. The molecule has 1 radical (unpaired) electrons. The van der Waals surface area contributed by atoms with Crippen molar-refractivity contribution in [3.8, 4) is 0 Å². The Hall–Kier alpha value is -2.79. The van der Waals surface area contributed by atoms with E-state index in [4.69, 9.17) is 0 Å². The number of carbonyl (C=O) groups is 3. The number of hydrogen-bond donors (Lipinski definition) is 0. The fourth-order valence-electron chi connectivity index (χ4n) is 3.47. The molecule has 0 saturated carbocycles. The summed E-state index contributed by atoms with van der Waals surface area (Å²) in [6, 6.07) is 18.2. The standard InChI is InChI=1S/C23H25N2O3/c1-24(2)21(26)16-25-14-19(22(27)17-9-5-3-6-10-17)13-20(15-25)23(28)18-11-7-4-8-12-18/h3-13,19-20H,14-16H2,1-2H3/t19-,20+. The lowest BCUT2D eigenvalue weighted by Crippen LogP contribution is -2.49. The number of likely N-dealkylation sites (N-methyl/N-ethyl adjacent to an activating group) is 1. The van der Waals surface area contributed by atoms with E-state index < -0.39 is 11.8 Å². The molecule has 1 saturated heterocycles. The fraction of sp³-hybridized carbons (Fsp3) is 0.304. The predicted molar refractivity (Wildman–Crippen MR) is 108 cm³/mol. The Morgan fingerprint density at radius 2 is 1.25 bits per heavy atom. The molecule has 0 spiro atoms. The minimum absolute atomic E-state index is 0.0199. The van der Waals surface area contributed by atoms with Gasteiger partial charge in [0.1, 0.15) is 0 Å². The molecule has 1 heterocycles. The Morgan fingerprint density at radius 3 is 1.64 bits per heavy atom. The fourth-order valence-corrected chi connectivity index (χ4v) is 3.47. The van der Waals surface area contributed by atoms with Gasteiger partial charge >= 0.3 is 0 Å². The summed E-state index contributed by atoms with van der Waals surface area (Å²) in [5.74, 6) is -0.937. The number of benzene rings is 2. The summed E-state index contributed by atoms with van der Waals surface area (Å²) in [4.78, 5) is 41.7. The second-order valence-corrected chi connectivity index (χ2v) is 7.35. The summed E-state index contributed by atoms with van der Waals surface area (Å²) in [6.45, 7) is 1.07. The van der Waals surface area contributed by atoms with Gasteiger partial charge in [-0.15, -0.1) is 0 Å². The molecule has 1 aliphatic heterocycles. The highest BCUT2D eigenvalue weighted by Gasteiger charge is 2.36. The topological polar surface area (TPSA) is 57.7 Å². The van der Waals surface area contributed by atoms with E-state index in [-0.39, 0.29) is 24.0 Å². The van der Waals surface area contributed by atoms with E-state index in [1.807, 2.05) is 47.7 Å². The van der Waals surface area contributed by atoms with Crippen molar-refractivity contribution in [2.75, 3.05) is 33.7 Å². The second-order valence-electron chi connectivity index (χ2n) is 7.35. The first-order valence-corrected chi connectivity index (χ1v) is 9.41. The van der Waals surface area contributed by atoms with Crippen LogP contribution in [0.3, 0.4) is 0 Å². The number of piperidine rings is 1. The molecule has 28 heavy (non-hydrogen) atoms. The van der Waals surface area contributed by atoms with Crippen LogP contribution in [0, 0.1) is 18.3 Å². The van der Waals surface area contributed by atoms with Gasteiger partial charge in [0.15, 0.2) is 11.6 Å². The van der Waals surface area contributed by atoms with Gasteiger partial charge in [0, 0.05) is 50.1 Å². The number of amides is 1. The Labute approximate surface area is 166 Å². The van der Waals surface area contributed by atoms with E-state index in [2.05, 4.69) is 0 Å². The number of rotatable bonds is 6. The Balaban J connectivity index is 1.82. The summed E-state index contributed by atoms with van der Waals surface area (Å²) in [6.07, 6.45) is 1.86. The van der Waals surface area contributed by atoms with Gasteiger partial charge in [0.05, 0.1) is 6.54 Å².